The molecule has 0 unspecified atom stereocenters. The van der Waals surface area contributed by atoms with E-state index in [1.807, 2.05) is 0 Å². The summed E-state index contributed by atoms with van der Waals surface area (Å²) in [5, 5.41) is -1.06. The summed E-state index contributed by atoms with van der Waals surface area (Å²) < 4.78 is 81.3. The molecule has 28 heavy (non-hydrogen) atoms. The molecule has 1 fully saturated rings. The number of rotatable bonds is 6. The van der Waals surface area contributed by atoms with E-state index < -0.39 is 40.7 Å². The highest BCUT2D eigenvalue weighted by Crippen LogP contribution is 2.27. The monoisotopic (exact) mass is 445 g/mol. The van der Waals surface area contributed by atoms with Gasteiger partial charge in [0.15, 0.2) is 19.7 Å². The Kier molecular flexibility index (Phi) is 5.43. The van der Waals surface area contributed by atoms with Crippen LogP contribution in [-0.2, 0) is 29.7 Å². The van der Waals surface area contributed by atoms with Crippen LogP contribution in [0.2, 0.25) is 0 Å². The summed E-state index contributed by atoms with van der Waals surface area (Å²) in [6.07, 6.45) is 0.00570. The molecular formula is C17H19NO7S3. The van der Waals surface area contributed by atoms with Crippen LogP contribution < -0.4 is 9.46 Å². The Labute approximate surface area is 164 Å². The summed E-state index contributed by atoms with van der Waals surface area (Å²) in [4.78, 5) is -0.447. The molecule has 0 saturated carbocycles. The van der Waals surface area contributed by atoms with E-state index in [9.17, 15) is 25.3 Å². The second-order valence-electron chi connectivity index (χ2n) is 6.38. The van der Waals surface area contributed by atoms with Crippen molar-refractivity contribution >= 4 is 35.4 Å². The fraction of sp³-hybridized carbons (Fsp3) is 0.294. The molecule has 1 N–H and O–H groups in total. The minimum Gasteiger partial charge on any atom is -0.497 e. The molecule has 1 atom stereocenters. The van der Waals surface area contributed by atoms with E-state index in [1.54, 1.807) is 12.1 Å². The lowest BCUT2D eigenvalue weighted by Crippen LogP contribution is -2.23. The number of sulfone groups is 2. The van der Waals surface area contributed by atoms with Crippen molar-refractivity contribution in [3.8, 4) is 5.75 Å². The minimum absolute atomic E-state index is 0.00570. The number of hydrogen-bond donors (Lipinski definition) is 1. The molecule has 1 aliphatic rings. The van der Waals surface area contributed by atoms with Crippen LogP contribution in [0.5, 0.6) is 5.75 Å². The summed E-state index contributed by atoms with van der Waals surface area (Å²) in [6.45, 7) is 0. The second-order valence-corrected chi connectivity index (χ2v) is 12.5. The zero-order chi connectivity index (χ0) is 20.6. The highest BCUT2D eigenvalue weighted by Gasteiger charge is 2.38. The molecule has 2 aromatic carbocycles. The van der Waals surface area contributed by atoms with Crippen molar-refractivity contribution in [2.24, 2.45) is 0 Å². The van der Waals surface area contributed by atoms with Crippen LogP contribution >= 0.6 is 0 Å². The number of benzene rings is 2. The predicted molar refractivity (Wildman–Crippen MR) is 104 cm³/mol. The maximum atomic E-state index is 12.7. The molecule has 1 heterocycles. The summed E-state index contributed by atoms with van der Waals surface area (Å²) in [6, 6.07) is 11.1. The predicted octanol–water partition coefficient (Wildman–Crippen LogP) is 1.46. The van der Waals surface area contributed by atoms with Crippen molar-refractivity contribution < 1.29 is 30.0 Å². The van der Waals surface area contributed by atoms with Gasteiger partial charge in [0, 0.05) is 5.69 Å². The van der Waals surface area contributed by atoms with Gasteiger partial charge in [-0.2, -0.15) is 0 Å². The lowest BCUT2D eigenvalue weighted by atomic mass is 10.3. The van der Waals surface area contributed by atoms with E-state index >= 15 is 0 Å². The number of hydrogen-bond acceptors (Lipinski definition) is 7. The number of anilines is 1. The molecule has 0 amide bonds. The average Bonchev–Trinajstić information content (AvgIpc) is 3.03. The topological polar surface area (TPSA) is 124 Å². The van der Waals surface area contributed by atoms with Crippen molar-refractivity contribution in [2.75, 3.05) is 23.3 Å². The third-order valence-electron chi connectivity index (χ3n) is 4.42. The summed E-state index contributed by atoms with van der Waals surface area (Å²) in [5.74, 6) is -0.0767. The maximum Gasteiger partial charge on any atom is 0.261 e. The van der Waals surface area contributed by atoms with E-state index in [-0.39, 0.29) is 27.7 Å². The quantitative estimate of drug-likeness (QED) is 0.714. The Morgan fingerprint density at radius 3 is 2.21 bits per heavy atom. The number of nitrogens with one attached hydrogen (secondary N) is 1. The van der Waals surface area contributed by atoms with Gasteiger partial charge in [-0.3, -0.25) is 4.72 Å². The van der Waals surface area contributed by atoms with Crippen LogP contribution in [0.3, 0.4) is 0 Å². The zero-order valence-electron chi connectivity index (χ0n) is 14.9. The van der Waals surface area contributed by atoms with Gasteiger partial charge in [-0.25, -0.2) is 25.3 Å². The Morgan fingerprint density at radius 1 is 1.00 bits per heavy atom. The molecule has 3 rings (SSSR count). The van der Waals surface area contributed by atoms with Crippen LogP contribution in [0.4, 0.5) is 5.69 Å². The molecule has 0 spiro atoms. The summed E-state index contributed by atoms with van der Waals surface area (Å²) in [5.41, 5.74) is 0.288. The van der Waals surface area contributed by atoms with Gasteiger partial charge < -0.3 is 4.74 Å². The molecule has 0 aliphatic carbocycles. The highest BCUT2D eigenvalue weighted by molar-refractivity contribution is 7.96. The molecule has 1 saturated heterocycles. The SMILES string of the molecule is COc1ccc(NS(=O)(=O)c2cccc(S(=O)(=O)[C@H]3CCS(=O)(=O)C3)c2)cc1. The second kappa shape index (κ2) is 7.37. The van der Waals surface area contributed by atoms with E-state index in [2.05, 4.69) is 4.72 Å². The van der Waals surface area contributed by atoms with Crippen molar-refractivity contribution in [1.82, 2.24) is 0 Å². The van der Waals surface area contributed by atoms with Gasteiger partial charge in [0.25, 0.3) is 10.0 Å². The maximum absolute atomic E-state index is 12.7. The van der Waals surface area contributed by atoms with Gasteiger partial charge in [-0.15, -0.1) is 0 Å². The Balaban J connectivity index is 1.89. The van der Waals surface area contributed by atoms with Crippen molar-refractivity contribution in [2.45, 2.75) is 21.5 Å². The standard InChI is InChI=1S/C17H19NO7S3/c1-25-14-7-5-13(6-8-14)18-28(23,24)16-4-2-3-15(11-16)27(21,22)17-9-10-26(19,20)12-17/h2-8,11,17-18H,9-10,12H2,1H3/t17-/m0/s1. The number of methoxy groups -OCH3 is 1. The molecule has 0 aromatic heterocycles. The first-order valence-electron chi connectivity index (χ1n) is 8.25. The van der Waals surface area contributed by atoms with E-state index in [4.69, 9.17) is 4.74 Å². The molecule has 2 aromatic rings. The number of sulfonamides is 1. The Bertz CT molecular complexity index is 1190. The highest BCUT2D eigenvalue weighted by atomic mass is 32.2. The minimum atomic E-state index is -4.04. The third kappa shape index (κ3) is 4.31. The van der Waals surface area contributed by atoms with E-state index in [1.165, 1.54) is 37.4 Å². The fourth-order valence-electron chi connectivity index (χ4n) is 2.89. The average molecular weight is 446 g/mol. The summed E-state index contributed by atoms with van der Waals surface area (Å²) >= 11 is 0. The van der Waals surface area contributed by atoms with Gasteiger partial charge >= 0.3 is 0 Å². The molecular weight excluding hydrogens is 426 g/mol. The lowest BCUT2D eigenvalue weighted by molar-refractivity contribution is 0.415. The van der Waals surface area contributed by atoms with Gasteiger partial charge in [0.1, 0.15) is 5.75 Å². The van der Waals surface area contributed by atoms with E-state index in [0.29, 0.717) is 5.75 Å². The fourth-order valence-corrected chi connectivity index (χ4v) is 8.47. The molecule has 0 bridgehead atoms. The Hall–Kier alpha value is -2.11. The van der Waals surface area contributed by atoms with Gasteiger partial charge in [-0.05, 0) is 48.9 Å². The van der Waals surface area contributed by atoms with Gasteiger partial charge in [0.05, 0.1) is 33.7 Å². The molecule has 11 heteroatoms. The largest absolute Gasteiger partial charge is 0.497 e. The first-order valence-corrected chi connectivity index (χ1v) is 13.1. The molecule has 0 radical (unpaired) electrons. The third-order valence-corrected chi connectivity index (χ3v) is 9.97. The van der Waals surface area contributed by atoms with Crippen LogP contribution in [0.15, 0.2) is 58.3 Å². The number of ether oxygens (including phenoxy) is 1. The smallest absolute Gasteiger partial charge is 0.261 e. The molecule has 8 nitrogen and oxygen atoms in total. The van der Waals surface area contributed by atoms with Crippen LogP contribution in [0.25, 0.3) is 0 Å². The molecule has 1 aliphatic heterocycles. The lowest BCUT2D eigenvalue weighted by Gasteiger charge is -2.13. The van der Waals surface area contributed by atoms with Gasteiger partial charge in [-0.1, -0.05) is 6.07 Å². The molecule has 152 valence electrons. The Morgan fingerprint density at radius 2 is 1.64 bits per heavy atom. The zero-order valence-corrected chi connectivity index (χ0v) is 17.3. The van der Waals surface area contributed by atoms with E-state index in [0.717, 1.165) is 6.07 Å². The van der Waals surface area contributed by atoms with Crippen LogP contribution in [0, 0.1) is 0 Å². The van der Waals surface area contributed by atoms with Crippen LogP contribution in [-0.4, -0.2) is 49.1 Å². The first-order chi connectivity index (χ1) is 13.0. The summed E-state index contributed by atoms with van der Waals surface area (Å²) in [7, 11) is -9.90. The van der Waals surface area contributed by atoms with Crippen molar-refractivity contribution in [3.05, 3.63) is 48.5 Å². The first kappa shape index (κ1) is 20.6. The van der Waals surface area contributed by atoms with Crippen molar-refractivity contribution in [1.29, 1.82) is 0 Å². The van der Waals surface area contributed by atoms with Gasteiger partial charge in [0.2, 0.25) is 0 Å². The van der Waals surface area contributed by atoms with Crippen LogP contribution in [0.1, 0.15) is 6.42 Å². The van der Waals surface area contributed by atoms with Crippen molar-refractivity contribution in [3.63, 3.8) is 0 Å². The normalized spacial score (nSPS) is 19.2.